The predicted octanol–water partition coefficient (Wildman–Crippen LogP) is 2.34. The number of aromatic nitrogens is 1. The first kappa shape index (κ1) is 14.0. The highest BCUT2D eigenvalue weighted by Gasteiger charge is 2.04. The molecule has 0 amide bonds. The molecule has 0 aliphatic carbocycles. The van der Waals surface area contributed by atoms with Crippen LogP contribution in [-0.2, 0) is 6.42 Å². The first-order valence-corrected chi connectivity index (χ1v) is 6.38. The summed E-state index contributed by atoms with van der Waals surface area (Å²) in [4.78, 5) is 4.04. The van der Waals surface area contributed by atoms with Gasteiger partial charge in [0.1, 0.15) is 0 Å². The van der Waals surface area contributed by atoms with Crippen molar-refractivity contribution in [3.8, 4) is 11.5 Å². The Kier molecular flexibility index (Phi) is 4.65. The Bertz CT molecular complexity index is 573. The Morgan fingerprint density at radius 1 is 1.10 bits per heavy atom. The molecule has 0 fully saturated rings. The molecule has 0 radical (unpaired) electrons. The lowest BCUT2D eigenvalue weighted by atomic mass is 10.1. The molecule has 2 rings (SSSR count). The van der Waals surface area contributed by atoms with Gasteiger partial charge in [0, 0.05) is 12.7 Å². The van der Waals surface area contributed by atoms with Crippen LogP contribution in [-0.4, -0.2) is 25.7 Å². The number of nitrogens with two attached hydrogens (primary N) is 1. The summed E-state index contributed by atoms with van der Waals surface area (Å²) in [6, 6.07) is 7.79. The first-order chi connectivity index (χ1) is 9.72. The predicted molar refractivity (Wildman–Crippen MR) is 80.4 cm³/mol. The van der Waals surface area contributed by atoms with Gasteiger partial charge in [0.2, 0.25) is 0 Å². The van der Waals surface area contributed by atoms with Crippen LogP contribution >= 0.6 is 0 Å². The van der Waals surface area contributed by atoms with Crippen LogP contribution in [0.3, 0.4) is 0 Å². The van der Waals surface area contributed by atoms with Gasteiger partial charge in [-0.1, -0.05) is 6.07 Å². The summed E-state index contributed by atoms with van der Waals surface area (Å²) in [5.41, 5.74) is 8.43. The molecule has 0 aliphatic rings. The Balaban J connectivity index is 1.94. The Morgan fingerprint density at radius 3 is 2.60 bits per heavy atom. The molecule has 0 atom stereocenters. The molecular formula is C15H19N3O2. The smallest absolute Gasteiger partial charge is 0.160 e. The fourth-order valence-corrected chi connectivity index (χ4v) is 1.94. The number of nitrogen functional groups attached to an aromatic ring is 1. The van der Waals surface area contributed by atoms with Crippen molar-refractivity contribution in [2.24, 2.45) is 0 Å². The molecule has 2 aromatic rings. The topological polar surface area (TPSA) is 69.4 Å². The minimum atomic E-state index is 0.654. The second-order valence-electron chi connectivity index (χ2n) is 4.37. The Morgan fingerprint density at radius 2 is 1.90 bits per heavy atom. The van der Waals surface area contributed by atoms with Gasteiger partial charge in [0.25, 0.3) is 0 Å². The second kappa shape index (κ2) is 6.65. The van der Waals surface area contributed by atoms with Crippen molar-refractivity contribution < 1.29 is 9.47 Å². The standard InChI is InChI=1S/C15H19N3O2/c1-19-14-4-3-11(7-15(14)20-2)5-6-18-13-8-12(16)9-17-10-13/h3-4,7-10,18H,5-6,16H2,1-2H3. The molecule has 106 valence electrons. The maximum Gasteiger partial charge on any atom is 0.160 e. The molecule has 0 spiro atoms. The van der Waals surface area contributed by atoms with Crippen molar-refractivity contribution in [1.29, 1.82) is 0 Å². The van der Waals surface area contributed by atoms with Crippen LogP contribution in [0.1, 0.15) is 5.56 Å². The molecular weight excluding hydrogens is 254 g/mol. The Hall–Kier alpha value is -2.43. The van der Waals surface area contributed by atoms with Crippen molar-refractivity contribution in [3.05, 3.63) is 42.2 Å². The molecule has 5 heteroatoms. The zero-order valence-corrected chi connectivity index (χ0v) is 11.7. The van der Waals surface area contributed by atoms with Crippen molar-refractivity contribution in [2.75, 3.05) is 31.8 Å². The van der Waals surface area contributed by atoms with Gasteiger partial charge in [-0.15, -0.1) is 0 Å². The maximum absolute atomic E-state index is 5.68. The largest absolute Gasteiger partial charge is 0.493 e. The van der Waals surface area contributed by atoms with Gasteiger partial charge in [0.05, 0.1) is 31.8 Å². The van der Waals surface area contributed by atoms with E-state index in [1.165, 1.54) is 5.56 Å². The molecule has 0 bridgehead atoms. The van der Waals surface area contributed by atoms with Crippen molar-refractivity contribution >= 4 is 11.4 Å². The van der Waals surface area contributed by atoms with Crippen molar-refractivity contribution in [3.63, 3.8) is 0 Å². The quantitative estimate of drug-likeness (QED) is 0.845. The van der Waals surface area contributed by atoms with Gasteiger partial charge >= 0.3 is 0 Å². The molecule has 1 aromatic carbocycles. The van der Waals surface area contributed by atoms with E-state index in [4.69, 9.17) is 15.2 Å². The van der Waals surface area contributed by atoms with Crippen LogP contribution in [0.4, 0.5) is 11.4 Å². The monoisotopic (exact) mass is 273 g/mol. The number of pyridine rings is 1. The third-order valence-corrected chi connectivity index (χ3v) is 2.95. The van der Waals surface area contributed by atoms with Gasteiger partial charge in [0.15, 0.2) is 11.5 Å². The summed E-state index contributed by atoms with van der Waals surface area (Å²) in [6.45, 7) is 0.792. The van der Waals surface area contributed by atoms with Crippen LogP contribution in [0.15, 0.2) is 36.7 Å². The Labute approximate surface area is 118 Å². The zero-order valence-electron chi connectivity index (χ0n) is 11.7. The molecule has 1 heterocycles. The van der Waals surface area contributed by atoms with E-state index in [-0.39, 0.29) is 0 Å². The van der Waals surface area contributed by atoms with E-state index >= 15 is 0 Å². The number of methoxy groups -OCH3 is 2. The molecule has 3 N–H and O–H groups in total. The average Bonchev–Trinajstić information content (AvgIpc) is 2.47. The molecule has 0 saturated heterocycles. The van der Waals surface area contributed by atoms with Crippen LogP contribution in [0.25, 0.3) is 0 Å². The van der Waals surface area contributed by atoms with E-state index in [1.807, 2.05) is 24.3 Å². The number of nitrogens with one attached hydrogen (secondary N) is 1. The van der Waals surface area contributed by atoms with E-state index in [0.717, 1.165) is 30.2 Å². The fourth-order valence-electron chi connectivity index (χ4n) is 1.94. The number of rotatable bonds is 6. The third kappa shape index (κ3) is 3.54. The number of anilines is 2. The van der Waals surface area contributed by atoms with Gasteiger partial charge in [-0.05, 0) is 30.2 Å². The molecule has 0 saturated carbocycles. The average molecular weight is 273 g/mol. The highest BCUT2D eigenvalue weighted by molar-refractivity contribution is 5.51. The van der Waals surface area contributed by atoms with E-state index in [2.05, 4.69) is 10.3 Å². The lowest BCUT2D eigenvalue weighted by Gasteiger charge is -2.10. The van der Waals surface area contributed by atoms with Crippen LogP contribution in [0, 0.1) is 0 Å². The second-order valence-corrected chi connectivity index (χ2v) is 4.37. The summed E-state index contributed by atoms with van der Waals surface area (Å²) >= 11 is 0. The van der Waals surface area contributed by atoms with Crippen LogP contribution in [0.2, 0.25) is 0 Å². The summed E-state index contributed by atoms with van der Waals surface area (Å²) in [5.74, 6) is 1.49. The summed E-state index contributed by atoms with van der Waals surface area (Å²) in [5, 5.41) is 3.29. The van der Waals surface area contributed by atoms with Crippen LogP contribution < -0.4 is 20.5 Å². The lowest BCUT2D eigenvalue weighted by molar-refractivity contribution is 0.354. The molecule has 5 nitrogen and oxygen atoms in total. The third-order valence-electron chi connectivity index (χ3n) is 2.95. The highest BCUT2D eigenvalue weighted by atomic mass is 16.5. The minimum Gasteiger partial charge on any atom is -0.493 e. The number of nitrogens with zero attached hydrogens (tertiary/aromatic N) is 1. The summed E-state index contributed by atoms with van der Waals surface area (Å²) in [6.07, 6.45) is 4.25. The van der Waals surface area contributed by atoms with Gasteiger partial charge < -0.3 is 20.5 Å². The highest BCUT2D eigenvalue weighted by Crippen LogP contribution is 2.27. The van der Waals surface area contributed by atoms with E-state index in [9.17, 15) is 0 Å². The van der Waals surface area contributed by atoms with E-state index in [1.54, 1.807) is 26.6 Å². The first-order valence-electron chi connectivity index (χ1n) is 6.38. The van der Waals surface area contributed by atoms with Crippen molar-refractivity contribution in [2.45, 2.75) is 6.42 Å². The lowest BCUT2D eigenvalue weighted by Crippen LogP contribution is -2.05. The van der Waals surface area contributed by atoms with E-state index in [0.29, 0.717) is 5.69 Å². The number of ether oxygens (including phenoxy) is 2. The summed E-state index contributed by atoms with van der Waals surface area (Å²) in [7, 11) is 3.27. The molecule has 20 heavy (non-hydrogen) atoms. The molecule has 1 aromatic heterocycles. The molecule has 0 aliphatic heterocycles. The van der Waals surface area contributed by atoms with E-state index < -0.39 is 0 Å². The SMILES string of the molecule is COc1ccc(CCNc2cncc(N)c2)cc1OC. The zero-order chi connectivity index (χ0) is 14.4. The molecule has 0 unspecified atom stereocenters. The van der Waals surface area contributed by atoms with Gasteiger partial charge in [-0.2, -0.15) is 0 Å². The number of benzene rings is 1. The number of hydrogen-bond acceptors (Lipinski definition) is 5. The van der Waals surface area contributed by atoms with Gasteiger partial charge in [-0.25, -0.2) is 0 Å². The summed E-state index contributed by atoms with van der Waals surface area (Å²) < 4.78 is 10.5. The fraction of sp³-hybridized carbons (Fsp3) is 0.267. The maximum atomic E-state index is 5.68. The minimum absolute atomic E-state index is 0.654. The normalized spacial score (nSPS) is 10.1. The van der Waals surface area contributed by atoms with Gasteiger partial charge in [-0.3, -0.25) is 4.98 Å². The van der Waals surface area contributed by atoms with Crippen LogP contribution in [0.5, 0.6) is 11.5 Å². The number of hydrogen-bond donors (Lipinski definition) is 2. The van der Waals surface area contributed by atoms with Crippen molar-refractivity contribution in [1.82, 2.24) is 4.98 Å².